The SMILES string of the molecule is CCC(C)C(NC(C)=O)C(=O)OC(C)OC(=O)N(C)[C@@]1(c2ccccc2Cl)CCCCC1=O. The molecule has 1 aliphatic rings. The number of Topliss-reactive ketones (excluding diaryl/α,β-unsaturated/α-hetero) is 1. The van der Waals surface area contributed by atoms with Crippen LogP contribution in [0.3, 0.4) is 0 Å². The molecule has 0 heterocycles. The Hall–Kier alpha value is -2.61. The first-order chi connectivity index (χ1) is 15.5. The highest BCUT2D eigenvalue weighted by Gasteiger charge is 2.49. The van der Waals surface area contributed by atoms with Crippen molar-refractivity contribution in [2.45, 2.75) is 77.7 Å². The summed E-state index contributed by atoms with van der Waals surface area (Å²) in [5.41, 5.74) is -0.713. The van der Waals surface area contributed by atoms with E-state index in [0.29, 0.717) is 29.8 Å². The minimum Gasteiger partial charge on any atom is -0.424 e. The van der Waals surface area contributed by atoms with Gasteiger partial charge in [-0.3, -0.25) is 14.5 Å². The predicted octanol–water partition coefficient (Wildman–Crippen LogP) is 4.19. The molecule has 0 saturated heterocycles. The summed E-state index contributed by atoms with van der Waals surface area (Å²) in [6.07, 6.45) is 0.808. The van der Waals surface area contributed by atoms with Gasteiger partial charge >= 0.3 is 12.1 Å². The molecule has 182 valence electrons. The Morgan fingerprint density at radius 2 is 1.85 bits per heavy atom. The minimum atomic E-state index is -1.26. The van der Waals surface area contributed by atoms with Gasteiger partial charge in [0.2, 0.25) is 12.2 Å². The lowest BCUT2D eigenvalue weighted by Crippen LogP contribution is -2.55. The number of benzene rings is 1. The maximum absolute atomic E-state index is 13.1. The number of amides is 2. The highest BCUT2D eigenvalue weighted by Crippen LogP contribution is 2.42. The number of nitrogens with one attached hydrogen (secondary N) is 1. The van der Waals surface area contributed by atoms with Crippen LogP contribution in [0, 0.1) is 5.92 Å². The van der Waals surface area contributed by atoms with Crippen molar-refractivity contribution in [3.05, 3.63) is 34.9 Å². The fourth-order valence-electron chi connectivity index (χ4n) is 4.16. The Kier molecular flexibility index (Phi) is 9.28. The molecule has 3 unspecified atom stereocenters. The molecule has 0 radical (unpaired) electrons. The van der Waals surface area contributed by atoms with E-state index in [1.54, 1.807) is 24.3 Å². The van der Waals surface area contributed by atoms with E-state index in [4.69, 9.17) is 21.1 Å². The van der Waals surface area contributed by atoms with Crippen molar-refractivity contribution in [2.24, 2.45) is 5.92 Å². The molecule has 9 heteroatoms. The average Bonchev–Trinajstić information content (AvgIpc) is 2.77. The van der Waals surface area contributed by atoms with E-state index in [0.717, 1.165) is 12.8 Å². The molecule has 1 aromatic rings. The standard InChI is InChI=1S/C24H33ClN2O6/c1-6-15(2)21(26-16(3)28)22(30)32-17(4)33-23(31)27(5)24(14-10-9-13-20(24)29)18-11-7-8-12-19(18)25/h7-8,11-12,15,17,21H,6,9-10,13-14H2,1-5H3,(H,26,28)/t15?,17?,21?,24-/m1/s1. The summed E-state index contributed by atoms with van der Waals surface area (Å²) in [7, 11) is 1.49. The van der Waals surface area contributed by atoms with Gasteiger partial charge in [-0.25, -0.2) is 9.59 Å². The molecular weight excluding hydrogens is 448 g/mol. The summed E-state index contributed by atoms with van der Waals surface area (Å²) in [5.74, 6) is -1.35. The normalized spacial score (nSPS) is 20.8. The van der Waals surface area contributed by atoms with Crippen molar-refractivity contribution in [1.29, 1.82) is 0 Å². The first kappa shape index (κ1) is 26.6. The molecule has 0 bridgehead atoms. The molecule has 1 fully saturated rings. The topological polar surface area (TPSA) is 102 Å². The molecule has 2 rings (SSSR count). The van der Waals surface area contributed by atoms with Gasteiger partial charge in [0.1, 0.15) is 11.6 Å². The summed E-state index contributed by atoms with van der Waals surface area (Å²) < 4.78 is 10.7. The van der Waals surface area contributed by atoms with Crippen molar-refractivity contribution in [3.63, 3.8) is 0 Å². The maximum atomic E-state index is 13.1. The highest BCUT2D eigenvalue weighted by atomic mass is 35.5. The van der Waals surface area contributed by atoms with Crippen LogP contribution in [0.1, 0.15) is 65.4 Å². The van der Waals surface area contributed by atoms with Crippen LogP contribution in [0.15, 0.2) is 24.3 Å². The third-order valence-corrected chi connectivity index (χ3v) is 6.52. The number of esters is 1. The molecule has 0 spiro atoms. The van der Waals surface area contributed by atoms with Gasteiger partial charge in [0.05, 0.1) is 0 Å². The monoisotopic (exact) mass is 480 g/mol. The summed E-state index contributed by atoms with van der Waals surface area (Å²) in [4.78, 5) is 51.5. The van der Waals surface area contributed by atoms with Gasteiger partial charge in [0.25, 0.3) is 0 Å². The van der Waals surface area contributed by atoms with Crippen molar-refractivity contribution < 1.29 is 28.7 Å². The lowest BCUT2D eigenvalue weighted by atomic mass is 9.74. The van der Waals surface area contributed by atoms with E-state index in [-0.39, 0.29) is 17.6 Å². The van der Waals surface area contributed by atoms with Crippen LogP contribution in [0.5, 0.6) is 0 Å². The molecule has 1 aromatic carbocycles. The molecule has 8 nitrogen and oxygen atoms in total. The first-order valence-corrected chi connectivity index (χ1v) is 11.6. The van der Waals surface area contributed by atoms with E-state index >= 15 is 0 Å². The van der Waals surface area contributed by atoms with Crippen molar-refractivity contribution >= 4 is 35.4 Å². The van der Waals surface area contributed by atoms with Crippen LogP contribution in [0.2, 0.25) is 5.02 Å². The summed E-state index contributed by atoms with van der Waals surface area (Å²) in [6, 6.07) is 6.09. The zero-order valence-electron chi connectivity index (χ0n) is 19.9. The van der Waals surface area contributed by atoms with Gasteiger partial charge in [0, 0.05) is 37.9 Å². The van der Waals surface area contributed by atoms with E-state index in [1.165, 1.54) is 25.8 Å². The molecule has 0 aromatic heterocycles. The lowest BCUT2D eigenvalue weighted by molar-refractivity contribution is -0.172. The van der Waals surface area contributed by atoms with Crippen molar-refractivity contribution in [2.75, 3.05) is 7.05 Å². The predicted molar refractivity (Wildman–Crippen MR) is 123 cm³/mol. The number of nitrogens with zero attached hydrogens (tertiary/aromatic N) is 1. The second-order valence-corrected chi connectivity index (χ2v) is 8.89. The van der Waals surface area contributed by atoms with Gasteiger partial charge in [0.15, 0.2) is 5.78 Å². The van der Waals surface area contributed by atoms with Gasteiger partial charge in [-0.1, -0.05) is 50.1 Å². The fraction of sp³-hybridized carbons (Fsp3) is 0.583. The molecule has 1 saturated carbocycles. The first-order valence-electron chi connectivity index (χ1n) is 11.2. The molecule has 33 heavy (non-hydrogen) atoms. The number of carbonyl (C=O) groups is 4. The number of rotatable bonds is 8. The Balaban J connectivity index is 2.20. The van der Waals surface area contributed by atoms with Gasteiger partial charge < -0.3 is 14.8 Å². The second-order valence-electron chi connectivity index (χ2n) is 8.48. The number of carbonyl (C=O) groups excluding carboxylic acids is 4. The highest BCUT2D eigenvalue weighted by molar-refractivity contribution is 6.31. The number of hydrogen-bond acceptors (Lipinski definition) is 6. The Morgan fingerprint density at radius 1 is 1.18 bits per heavy atom. The third kappa shape index (κ3) is 6.05. The van der Waals surface area contributed by atoms with E-state index in [1.807, 2.05) is 13.8 Å². The Morgan fingerprint density at radius 3 is 2.42 bits per heavy atom. The van der Waals surface area contributed by atoms with Crippen LogP contribution in [-0.2, 0) is 29.4 Å². The Bertz CT molecular complexity index is 891. The summed E-state index contributed by atoms with van der Waals surface area (Å²) in [6.45, 7) is 6.43. The minimum absolute atomic E-state index is 0.117. The molecule has 4 atom stereocenters. The summed E-state index contributed by atoms with van der Waals surface area (Å²) >= 11 is 6.42. The molecule has 2 amide bonds. The molecule has 0 aliphatic heterocycles. The molecule has 1 aliphatic carbocycles. The van der Waals surface area contributed by atoms with Crippen LogP contribution in [0.25, 0.3) is 0 Å². The van der Waals surface area contributed by atoms with Crippen molar-refractivity contribution in [3.8, 4) is 0 Å². The molecule has 1 N–H and O–H groups in total. The van der Waals surface area contributed by atoms with E-state index < -0.39 is 29.9 Å². The van der Waals surface area contributed by atoms with Gasteiger partial charge in [-0.15, -0.1) is 0 Å². The summed E-state index contributed by atoms with van der Waals surface area (Å²) in [5, 5.41) is 2.97. The number of ether oxygens (including phenoxy) is 2. The number of ketones is 1. The number of likely N-dealkylation sites (N-methyl/N-ethyl adjacent to an activating group) is 1. The number of halogens is 1. The van der Waals surface area contributed by atoms with E-state index in [9.17, 15) is 19.2 Å². The van der Waals surface area contributed by atoms with E-state index in [2.05, 4.69) is 5.32 Å². The quantitative estimate of drug-likeness (QED) is 0.442. The second kappa shape index (κ2) is 11.5. The Labute approximate surface area is 199 Å². The maximum Gasteiger partial charge on any atom is 0.413 e. The third-order valence-electron chi connectivity index (χ3n) is 6.19. The lowest BCUT2D eigenvalue weighted by Gasteiger charge is -2.43. The molecular formula is C24H33ClN2O6. The average molecular weight is 481 g/mol. The number of hydrogen-bond donors (Lipinski definition) is 1. The van der Waals surface area contributed by atoms with Crippen LogP contribution in [-0.4, -0.2) is 48.0 Å². The van der Waals surface area contributed by atoms with Gasteiger partial charge in [-0.2, -0.15) is 0 Å². The van der Waals surface area contributed by atoms with Gasteiger partial charge in [-0.05, 0) is 31.2 Å². The van der Waals surface area contributed by atoms with Crippen LogP contribution >= 0.6 is 11.6 Å². The van der Waals surface area contributed by atoms with Crippen LogP contribution < -0.4 is 5.32 Å². The zero-order valence-corrected chi connectivity index (χ0v) is 20.6. The largest absolute Gasteiger partial charge is 0.424 e. The van der Waals surface area contributed by atoms with Crippen molar-refractivity contribution in [1.82, 2.24) is 10.2 Å². The van der Waals surface area contributed by atoms with Crippen LogP contribution in [0.4, 0.5) is 4.79 Å². The smallest absolute Gasteiger partial charge is 0.413 e. The fourth-order valence-corrected chi connectivity index (χ4v) is 4.45. The zero-order chi connectivity index (χ0) is 24.8.